The molecule has 0 bridgehead atoms. The maximum absolute atomic E-state index is 12.3. The van der Waals surface area contributed by atoms with Crippen molar-refractivity contribution in [3.63, 3.8) is 0 Å². The third-order valence-corrected chi connectivity index (χ3v) is 5.18. The van der Waals surface area contributed by atoms with Gasteiger partial charge in [0.25, 0.3) is 0 Å². The molecule has 0 aromatic heterocycles. The van der Waals surface area contributed by atoms with Gasteiger partial charge in [0.1, 0.15) is 0 Å². The number of carboxylic acids is 1. The number of amides is 2. The van der Waals surface area contributed by atoms with Crippen molar-refractivity contribution < 1.29 is 14.7 Å². The number of carbonyl (C=O) groups excluding carboxylic acids is 1. The zero-order chi connectivity index (χ0) is 15.7. The summed E-state index contributed by atoms with van der Waals surface area (Å²) in [5.74, 6) is -0.896. The largest absolute Gasteiger partial charge is 0.481 e. The average Bonchev–Trinajstić information content (AvgIpc) is 3.26. The maximum atomic E-state index is 12.3. The van der Waals surface area contributed by atoms with E-state index < -0.39 is 11.9 Å². The van der Waals surface area contributed by atoms with E-state index >= 15 is 0 Å². The second kappa shape index (κ2) is 6.28. The summed E-state index contributed by atoms with van der Waals surface area (Å²) >= 11 is 3.54. The molecule has 1 aromatic carbocycles. The van der Waals surface area contributed by atoms with E-state index in [1.807, 2.05) is 18.2 Å². The molecule has 118 valence electrons. The molecule has 1 aliphatic carbocycles. The third-order valence-electron chi connectivity index (χ3n) is 4.46. The number of carbonyl (C=O) groups is 2. The molecular formula is C16H19BrN2O3. The zero-order valence-electron chi connectivity index (χ0n) is 12.2. The molecule has 2 amide bonds. The average molecular weight is 367 g/mol. The van der Waals surface area contributed by atoms with Gasteiger partial charge in [-0.15, -0.1) is 0 Å². The molecule has 22 heavy (non-hydrogen) atoms. The van der Waals surface area contributed by atoms with E-state index in [2.05, 4.69) is 27.3 Å². The summed E-state index contributed by atoms with van der Waals surface area (Å²) in [7, 11) is 0. The minimum absolute atomic E-state index is 0.134. The number of piperidine rings is 1. The van der Waals surface area contributed by atoms with Gasteiger partial charge in [-0.1, -0.05) is 34.1 Å². The van der Waals surface area contributed by atoms with Crippen LogP contribution in [0.2, 0.25) is 0 Å². The van der Waals surface area contributed by atoms with Gasteiger partial charge in [-0.2, -0.15) is 0 Å². The first kappa shape index (κ1) is 15.3. The van der Waals surface area contributed by atoms with E-state index in [-0.39, 0.29) is 12.1 Å². The molecule has 1 saturated heterocycles. The summed E-state index contributed by atoms with van der Waals surface area (Å²) in [6.45, 7) is 0.954. The number of likely N-dealkylation sites (tertiary alicyclic amines) is 1. The maximum Gasteiger partial charge on any atom is 0.317 e. The van der Waals surface area contributed by atoms with Crippen LogP contribution in [-0.2, 0) is 4.79 Å². The molecule has 0 radical (unpaired) electrons. The van der Waals surface area contributed by atoms with Gasteiger partial charge < -0.3 is 15.3 Å². The van der Waals surface area contributed by atoms with E-state index in [1.165, 1.54) is 5.56 Å². The number of halogens is 1. The highest BCUT2D eigenvalue weighted by atomic mass is 79.9. The minimum atomic E-state index is -0.810. The van der Waals surface area contributed by atoms with E-state index in [0.717, 1.165) is 17.3 Å². The van der Waals surface area contributed by atoms with Crippen LogP contribution >= 0.6 is 15.9 Å². The highest BCUT2D eigenvalue weighted by molar-refractivity contribution is 9.10. The molecule has 1 heterocycles. The lowest BCUT2D eigenvalue weighted by Crippen LogP contribution is -2.47. The van der Waals surface area contributed by atoms with Crippen LogP contribution in [0.4, 0.5) is 4.79 Å². The SMILES string of the molecule is O=C(O)C1CCCN(C(=O)N[C@@H]2C[C@H]2c2ccccc2Br)C1. The summed E-state index contributed by atoms with van der Waals surface area (Å²) in [6, 6.07) is 8.07. The molecule has 3 rings (SSSR count). The van der Waals surface area contributed by atoms with Crippen molar-refractivity contribution in [2.24, 2.45) is 5.92 Å². The van der Waals surface area contributed by atoms with Crippen molar-refractivity contribution in [3.05, 3.63) is 34.3 Å². The Morgan fingerprint density at radius 3 is 2.82 bits per heavy atom. The van der Waals surface area contributed by atoms with Crippen molar-refractivity contribution in [2.45, 2.75) is 31.2 Å². The van der Waals surface area contributed by atoms with Crippen LogP contribution in [-0.4, -0.2) is 41.1 Å². The second-order valence-corrected chi connectivity index (χ2v) is 6.90. The topological polar surface area (TPSA) is 69.6 Å². The molecule has 5 nitrogen and oxygen atoms in total. The Balaban J connectivity index is 1.55. The quantitative estimate of drug-likeness (QED) is 0.863. The summed E-state index contributed by atoms with van der Waals surface area (Å²) in [6.07, 6.45) is 2.34. The predicted octanol–water partition coefficient (Wildman–Crippen LogP) is 2.81. The van der Waals surface area contributed by atoms with Crippen LogP contribution in [0.5, 0.6) is 0 Å². The smallest absolute Gasteiger partial charge is 0.317 e. The molecule has 1 aromatic rings. The Morgan fingerprint density at radius 1 is 1.32 bits per heavy atom. The number of hydrogen-bond acceptors (Lipinski definition) is 2. The summed E-state index contributed by atoms with van der Waals surface area (Å²) in [5, 5.41) is 12.1. The van der Waals surface area contributed by atoms with Crippen LogP contribution in [0.15, 0.2) is 28.7 Å². The van der Waals surface area contributed by atoms with Crippen molar-refractivity contribution in [1.82, 2.24) is 10.2 Å². The van der Waals surface area contributed by atoms with E-state index in [0.29, 0.717) is 25.4 Å². The Bertz CT molecular complexity index is 593. The van der Waals surface area contributed by atoms with Gasteiger partial charge in [0, 0.05) is 29.5 Å². The number of nitrogens with one attached hydrogen (secondary N) is 1. The van der Waals surface area contributed by atoms with Crippen LogP contribution in [0, 0.1) is 5.92 Å². The first-order chi connectivity index (χ1) is 10.6. The lowest BCUT2D eigenvalue weighted by atomic mass is 9.99. The number of benzene rings is 1. The van der Waals surface area contributed by atoms with Gasteiger partial charge in [0.05, 0.1) is 5.92 Å². The molecule has 1 aliphatic heterocycles. The summed E-state index contributed by atoms with van der Waals surface area (Å²) < 4.78 is 1.07. The molecule has 0 spiro atoms. The standard InChI is InChI=1S/C16H19BrN2O3/c17-13-6-2-1-5-11(13)12-8-14(12)18-16(22)19-7-3-4-10(9-19)15(20)21/h1-2,5-6,10,12,14H,3-4,7-9H2,(H,18,22)(H,20,21)/t10?,12-,14+/m0/s1. The number of rotatable bonds is 3. The number of nitrogens with zero attached hydrogens (tertiary/aromatic N) is 1. The molecule has 1 unspecified atom stereocenters. The van der Waals surface area contributed by atoms with Crippen LogP contribution in [0.1, 0.15) is 30.7 Å². The Kier molecular flexibility index (Phi) is 4.38. The number of urea groups is 1. The normalized spacial score (nSPS) is 27.3. The zero-order valence-corrected chi connectivity index (χ0v) is 13.8. The van der Waals surface area contributed by atoms with Crippen LogP contribution < -0.4 is 5.32 Å². The molecule has 2 N–H and O–H groups in total. The third kappa shape index (κ3) is 3.27. The molecule has 3 atom stereocenters. The van der Waals surface area contributed by atoms with Crippen LogP contribution in [0.3, 0.4) is 0 Å². The van der Waals surface area contributed by atoms with Gasteiger partial charge in [-0.3, -0.25) is 4.79 Å². The highest BCUT2D eigenvalue weighted by Gasteiger charge is 2.41. The number of aliphatic carboxylic acids is 1. The van der Waals surface area contributed by atoms with Gasteiger partial charge in [0.15, 0.2) is 0 Å². The van der Waals surface area contributed by atoms with Crippen molar-refractivity contribution in [2.75, 3.05) is 13.1 Å². The highest BCUT2D eigenvalue weighted by Crippen LogP contribution is 2.43. The Hall–Kier alpha value is -1.56. The van der Waals surface area contributed by atoms with Crippen molar-refractivity contribution >= 4 is 27.9 Å². The first-order valence-corrected chi connectivity index (χ1v) is 8.38. The van der Waals surface area contributed by atoms with Crippen LogP contribution in [0.25, 0.3) is 0 Å². The predicted molar refractivity (Wildman–Crippen MR) is 85.8 cm³/mol. The molecule has 6 heteroatoms. The summed E-state index contributed by atoms with van der Waals surface area (Å²) in [4.78, 5) is 25.0. The van der Waals surface area contributed by atoms with Gasteiger partial charge in [-0.05, 0) is 30.9 Å². The lowest BCUT2D eigenvalue weighted by molar-refractivity contribution is -0.143. The fourth-order valence-corrected chi connectivity index (χ4v) is 3.67. The van der Waals surface area contributed by atoms with E-state index in [4.69, 9.17) is 5.11 Å². The minimum Gasteiger partial charge on any atom is -0.481 e. The Labute approximate surface area is 137 Å². The van der Waals surface area contributed by atoms with Crippen molar-refractivity contribution in [3.8, 4) is 0 Å². The molecular weight excluding hydrogens is 348 g/mol. The molecule has 2 aliphatic rings. The monoisotopic (exact) mass is 366 g/mol. The van der Waals surface area contributed by atoms with Gasteiger partial charge in [-0.25, -0.2) is 4.79 Å². The number of carboxylic acid groups (broad SMARTS) is 1. The fourth-order valence-electron chi connectivity index (χ4n) is 3.09. The molecule has 1 saturated carbocycles. The number of hydrogen-bond donors (Lipinski definition) is 2. The first-order valence-electron chi connectivity index (χ1n) is 7.59. The fraction of sp³-hybridized carbons (Fsp3) is 0.500. The lowest BCUT2D eigenvalue weighted by Gasteiger charge is -2.30. The summed E-state index contributed by atoms with van der Waals surface area (Å²) in [5.41, 5.74) is 1.22. The molecule has 2 fully saturated rings. The van der Waals surface area contributed by atoms with Gasteiger partial charge in [0.2, 0.25) is 0 Å². The van der Waals surface area contributed by atoms with E-state index in [1.54, 1.807) is 4.90 Å². The van der Waals surface area contributed by atoms with Crippen molar-refractivity contribution in [1.29, 1.82) is 0 Å². The van der Waals surface area contributed by atoms with E-state index in [9.17, 15) is 9.59 Å². The Morgan fingerprint density at radius 2 is 2.09 bits per heavy atom. The van der Waals surface area contributed by atoms with Gasteiger partial charge >= 0.3 is 12.0 Å². The second-order valence-electron chi connectivity index (χ2n) is 6.04.